The largest absolute Gasteiger partial charge is 0.380 e. The molecule has 0 atom stereocenters. The van der Waals surface area contributed by atoms with Crippen LogP contribution in [0.4, 0.5) is 0 Å². The molecule has 0 aliphatic carbocycles. The van der Waals surface area contributed by atoms with Crippen molar-refractivity contribution >= 4 is 5.91 Å². The van der Waals surface area contributed by atoms with E-state index in [0.29, 0.717) is 32.7 Å². The normalized spacial score (nSPS) is 10.4. The lowest BCUT2D eigenvalue weighted by molar-refractivity contribution is -0.129. The van der Waals surface area contributed by atoms with Gasteiger partial charge in [0.25, 0.3) is 0 Å². The number of benzene rings is 1. The molecule has 1 aromatic carbocycles. The number of ether oxygens (including phenoxy) is 1. The van der Waals surface area contributed by atoms with Gasteiger partial charge in [0.15, 0.2) is 0 Å². The van der Waals surface area contributed by atoms with Crippen LogP contribution in [0.1, 0.15) is 18.1 Å². The molecule has 1 rings (SSSR count). The van der Waals surface area contributed by atoms with Crippen LogP contribution in [0.15, 0.2) is 24.3 Å². The summed E-state index contributed by atoms with van der Waals surface area (Å²) in [7, 11) is 1.80. The van der Waals surface area contributed by atoms with Crippen molar-refractivity contribution in [1.29, 1.82) is 0 Å². The summed E-state index contributed by atoms with van der Waals surface area (Å²) in [5.41, 5.74) is 7.69. The number of hydrogen-bond acceptors (Lipinski definition) is 3. The van der Waals surface area contributed by atoms with E-state index in [1.54, 1.807) is 11.9 Å². The van der Waals surface area contributed by atoms with Crippen LogP contribution in [0, 0.1) is 0 Å². The maximum atomic E-state index is 12.0. The molecule has 0 bridgehead atoms. The zero-order valence-electron chi connectivity index (χ0n) is 11.2. The van der Waals surface area contributed by atoms with E-state index in [2.05, 4.69) is 0 Å². The summed E-state index contributed by atoms with van der Waals surface area (Å²) in [6.45, 7) is 4.29. The summed E-state index contributed by atoms with van der Waals surface area (Å²) < 4.78 is 5.24. The Morgan fingerprint density at radius 1 is 1.33 bits per heavy atom. The Kier molecular flexibility index (Phi) is 6.39. The molecule has 0 saturated heterocycles. The van der Waals surface area contributed by atoms with Gasteiger partial charge in [-0.15, -0.1) is 0 Å². The molecule has 100 valence electrons. The molecule has 18 heavy (non-hydrogen) atoms. The summed E-state index contributed by atoms with van der Waals surface area (Å²) in [5, 5.41) is 0. The molecule has 4 nitrogen and oxygen atoms in total. The van der Waals surface area contributed by atoms with E-state index in [9.17, 15) is 4.79 Å². The minimum atomic E-state index is 0.0932. The molecule has 0 heterocycles. The van der Waals surface area contributed by atoms with E-state index in [0.717, 1.165) is 11.1 Å². The first-order valence-electron chi connectivity index (χ1n) is 6.27. The average molecular weight is 250 g/mol. The number of rotatable bonds is 7. The maximum absolute atomic E-state index is 12.0. The van der Waals surface area contributed by atoms with Gasteiger partial charge in [-0.1, -0.05) is 24.3 Å². The molecule has 0 spiro atoms. The second kappa shape index (κ2) is 7.84. The lowest BCUT2D eigenvalue weighted by Crippen LogP contribution is -2.31. The second-order valence-electron chi connectivity index (χ2n) is 4.16. The van der Waals surface area contributed by atoms with Crippen molar-refractivity contribution < 1.29 is 9.53 Å². The summed E-state index contributed by atoms with van der Waals surface area (Å²) in [4.78, 5) is 13.7. The number of likely N-dealkylation sites (N-methyl/N-ethyl adjacent to an activating group) is 1. The predicted octanol–water partition coefficient (Wildman–Crippen LogP) is 1.18. The summed E-state index contributed by atoms with van der Waals surface area (Å²) in [5.74, 6) is 0.0932. The first-order valence-corrected chi connectivity index (χ1v) is 6.27. The summed E-state index contributed by atoms with van der Waals surface area (Å²) in [6, 6.07) is 7.79. The van der Waals surface area contributed by atoms with Gasteiger partial charge in [0.05, 0.1) is 13.0 Å². The van der Waals surface area contributed by atoms with Crippen molar-refractivity contribution in [3.05, 3.63) is 35.4 Å². The number of amides is 1. The van der Waals surface area contributed by atoms with Crippen molar-refractivity contribution in [3.8, 4) is 0 Å². The molecule has 0 aliphatic rings. The van der Waals surface area contributed by atoms with Gasteiger partial charge in [0, 0.05) is 26.7 Å². The quantitative estimate of drug-likeness (QED) is 0.739. The summed E-state index contributed by atoms with van der Waals surface area (Å²) >= 11 is 0. The van der Waals surface area contributed by atoms with Gasteiger partial charge in [-0.05, 0) is 18.1 Å². The van der Waals surface area contributed by atoms with Gasteiger partial charge in [-0.2, -0.15) is 0 Å². The van der Waals surface area contributed by atoms with Crippen molar-refractivity contribution in [2.24, 2.45) is 5.73 Å². The Labute approximate surface area is 109 Å². The minimum absolute atomic E-state index is 0.0932. The van der Waals surface area contributed by atoms with Gasteiger partial charge < -0.3 is 15.4 Å². The minimum Gasteiger partial charge on any atom is -0.380 e. The zero-order valence-corrected chi connectivity index (χ0v) is 11.2. The van der Waals surface area contributed by atoms with Gasteiger partial charge in [0.2, 0.25) is 5.91 Å². The highest BCUT2D eigenvalue weighted by atomic mass is 16.5. The highest BCUT2D eigenvalue weighted by Gasteiger charge is 2.11. The number of carbonyl (C=O) groups excluding carboxylic acids is 1. The molecule has 0 aliphatic heterocycles. The Hall–Kier alpha value is -1.39. The molecule has 1 aromatic rings. The van der Waals surface area contributed by atoms with Crippen LogP contribution in [-0.2, 0) is 22.5 Å². The smallest absolute Gasteiger partial charge is 0.226 e. The van der Waals surface area contributed by atoms with Crippen LogP contribution >= 0.6 is 0 Å². The molecule has 0 fully saturated rings. The molecule has 0 radical (unpaired) electrons. The van der Waals surface area contributed by atoms with Crippen LogP contribution in [0.3, 0.4) is 0 Å². The van der Waals surface area contributed by atoms with E-state index in [-0.39, 0.29) is 5.91 Å². The molecule has 0 saturated carbocycles. The first kappa shape index (κ1) is 14.7. The molecule has 0 unspecified atom stereocenters. The highest BCUT2D eigenvalue weighted by molar-refractivity contribution is 5.78. The second-order valence-corrected chi connectivity index (χ2v) is 4.16. The third-order valence-corrected chi connectivity index (χ3v) is 2.88. The van der Waals surface area contributed by atoms with Crippen molar-refractivity contribution in [2.75, 3.05) is 26.8 Å². The maximum Gasteiger partial charge on any atom is 0.226 e. The van der Waals surface area contributed by atoms with E-state index in [1.165, 1.54) is 0 Å². The standard InChI is InChI=1S/C14H22N2O2/c1-3-18-9-8-16(2)14(17)10-12-6-4-5-7-13(12)11-15/h4-7H,3,8-11,15H2,1-2H3. The summed E-state index contributed by atoms with van der Waals surface area (Å²) in [6.07, 6.45) is 0.399. The zero-order chi connectivity index (χ0) is 13.4. The average Bonchev–Trinajstić information content (AvgIpc) is 2.39. The van der Waals surface area contributed by atoms with Crippen LogP contribution in [0.25, 0.3) is 0 Å². The SMILES string of the molecule is CCOCCN(C)C(=O)Cc1ccccc1CN. The Balaban J connectivity index is 2.53. The molecule has 0 aromatic heterocycles. The number of hydrogen-bond donors (Lipinski definition) is 1. The van der Waals surface area contributed by atoms with Gasteiger partial charge >= 0.3 is 0 Å². The number of carbonyl (C=O) groups is 1. The van der Waals surface area contributed by atoms with Gasteiger partial charge in [-0.25, -0.2) is 0 Å². The fraction of sp³-hybridized carbons (Fsp3) is 0.500. The first-order chi connectivity index (χ1) is 8.69. The number of nitrogens with zero attached hydrogens (tertiary/aromatic N) is 1. The molecule has 4 heteroatoms. The van der Waals surface area contributed by atoms with Crippen molar-refractivity contribution in [2.45, 2.75) is 19.9 Å². The Morgan fingerprint density at radius 3 is 2.61 bits per heavy atom. The van der Waals surface area contributed by atoms with E-state index < -0.39 is 0 Å². The lowest BCUT2D eigenvalue weighted by Gasteiger charge is -2.17. The van der Waals surface area contributed by atoms with Crippen molar-refractivity contribution in [1.82, 2.24) is 4.90 Å². The Morgan fingerprint density at radius 2 is 2.00 bits per heavy atom. The highest BCUT2D eigenvalue weighted by Crippen LogP contribution is 2.09. The third kappa shape index (κ3) is 4.47. The Bertz CT molecular complexity index is 380. The van der Waals surface area contributed by atoms with Crippen LogP contribution in [-0.4, -0.2) is 37.6 Å². The van der Waals surface area contributed by atoms with Crippen LogP contribution in [0.2, 0.25) is 0 Å². The number of nitrogens with two attached hydrogens (primary N) is 1. The lowest BCUT2D eigenvalue weighted by atomic mass is 10.0. The molecular formula is C14H22N2O2. The van der Waals surface area contributed by atoms with Gasteiger partial charge in [-0.3, -0.25) is 4.79 Å². The molecule has 1 amide bonds. The predicted molar refractivity (Wildman–Crippen MR) is 72.2 cm³/mol. The topological polar surface area (TPSA) is 55.6 Å². The van der Waals surface area contributed by atoms with E-state index in [1.807, 2.05) is 31.2 Å². The molecule has 2 N–H and O–H groups in total. The fourth-order valence-corrected chi connectivity index (χ4v) is 1.70. The van der Waals surface area contributed by atoms with Crippen LogP contribution in [0.5, 0.6) is 0 Å². The van der Waals surface area contributed by atoms with Crippen molar-refractivity contribution in [3.63, 3.8) is 0 Å². The monoisotopic (exact) mass is 250 g/mol. The molecular weight excluding hydrogens is 228 g/mol. The fourth-order valence-electron chi connectivity index (χ4n) is 1.70. The van der Waals surface area contributed by atoms with Gasteiger partial charge in [0.1, 0.15) is 0 Å². The van der Waals surface area contributed by atoms with E-state index in [4.69, 9.17) is 10.5 Å². The van der Waals surface area contributed by atoms with Crippen LogP contribution < -0.4 is 5.73 Å². The third-order valence-electron chi connectivity index (χ3n) is 2.88. The van der Waals surface area contributed by atoms with E-state index >= 15 is 0 Å².